The van der Waals surface area contributed by atoms with Gasteiger partial charge in [0.05, 0.1) is 50.1 Å². The molecule has 304 valence electrons. The number of nitrogens with zero attached hydrogens (tertiary/aromatic N) is 4. The molecule has 58 heavy (non-hydrogen) atoms. The summed E-state index contributed by atoms with van der Waals surface area (Å²) in [7, 11) is 2.60. The molecule has 8 atom stereocenters. The van der Waals surface area contributed by atoms with Crippen molar-refractivity contribution in [1.29, 1.82) is 0 Å². The number of H-pyrrole nitrogens is 2. The SMILES string of the molecule is COC(=O)N[C@H](C(=O)N1[C@@H]2C[C@@H]2C[C@H]1c1ncc(-c2ccc(/C=C/c3ccc(-c4cnc([C@@H]5C[C@H]6C[C@H]6N5C(=O)[C@@H](NC(=O)OC)C(C)C)[nH]4)cc3)cc2)[nH]1)C(C)C. The third-order valence-corrected chi connectivity index (χ3v) is 12.2. The molecule has 4 aromatic rings. The zero-order valence-corrected chi connectivity index (χ0v) is 33.8. The van der Waals surface area contributed by atoms with E-state index in [0.717, 1.165) is 71.0 Å². The highest BCUT2D eigenvalue weighted by Crippen LogP contribution is 2.54. The van der Waals surface area contributed by atoms with Crippen molar-refractivity contribution in [2.24, 2.45) is 23.7 Å². The van der Waals surface area contributed by atoms with E-state index in [0.29, 0.717) is 11.8 Å². The van der Waals surface area contributed by atoms with Crippen LogP contribution in [0, 0.1) is 23.7 Å². The van der Waals surface area contributed by atoms with Crippen molar-refractivity contribution in [3.8, 4) is 22.5 Å². The van der Waals surface area contributed by atoms with Crippen molar-refractivity contribution in [2.75, 3.05) is 14.2 Å². The van der Waals surface area contributed by atoms with Gasteiger partial charge in [-0.2, -0.15) is 0 Å². The van der Waals surface area contributed by atoms with Crippen molar-refractivity contribution in [3.05, 3.63) is 83.7 Å². The molecular weight excluding hydrogens is 737 g/mol. The largest absolute Gasteiger partial charge is 0.453 e. The molecule has 8 rings (SSSR count). The molecule has 2 aliphatic heterocycles. The maximum atomic E-state index is 13.7. The van der Waals surface area contributed by atoms with Crippen LogP contribution in [-0.2, 0) is 19.1 Å². The zero-order chi connectivity index (χ0) is 40.8. The Morgan fingerprint density at radius 3 is 1.36 bits per heavy atom. The molecule has 0 bridgehead atoms. The molecule has 2 saturated heterocycles. The minimum Gasteiger partial charge on any atom is -0.453 e. The van der Waals surface area contributed by atoms with Crippen molar-refractivity contribution < 1.29 is 28.7 Å². The number of alkyl carbamates (subject to hydrolysis) is 2. The smallest absolute Gasteiger partial charge is 0.407 e. The first kappa shape index (κ1) is 38.9. The summed E-state index contributed by atoms with van der Waals surface area (Å²) in [5.41, 5.74) is 5.84. The number of amides is 4. The second-order valence-electron chi connectivity index (χ2n) is 16.8. The van der Waals surface area contributed by atoms with Gasteiger partial charge in [-0.05, 0) is 71.6 Å². The van der Waals surface area contributed by atoms with Crippen LogP contribution >= 0.6 is 0 Å². The number of fused-ring (bicyclic) bond motifs is 2. The number of carbonyl (C=O) groups excluding carboxylic acids is 4. The van der Waals surface area contributed by atoms with Crippen LogP contribution in [0.5, 0.6) is 0 Å². The highest BCUT2D eigenvalue weighted by molar-refractivity contribution is 5.88. The number of imidazole rings is 2. The molecule has 4 aliphatic rings. The van der Waals surface area contributed by atoms with Crippen LogP contribution in [0.25, 0.3) is 34.7 Å². The Kier molecular flexibility index (Phi) is 10.6. The fourth-order valence-corrected chi connectivity index (χ4v) is 8.80. The predicted octanol–water partition coefficient (Wildman–Crippen LogP) is 6.72. The Morgan fingerprint density at radius 2 is 1.02 bits per heavy atom. The van der Waals surface area contributed by atoms with E-state index in [1.165, 1.54) is 14.2 Å². The van der Waals surface area contributed by atoms with E-state index in [4.69, 9.17) is 19.4 Å². The average molecular weight is 789 g/mol. The second kappa shape index (κ2) is 15.8. The molecule has 0 spiro atoms. The topological polar surface area (TPSA) is 175 Å². The van der Waals surface area contributed by atoms with Gasteiger partial charge in [-0.3, -0.25) is 9.59 Å². The number of hydrogen-bond acceptors (Lipinski definition) is 8. The van der Waals surface area contributed by atoms with Crippen LogP contribution in [0.4, 0.5) is 9.59 Å². The van der Waals surface area contributed by atoms with Gasteiger partial charge in [-0.15, -0.1) is 0 Å². The first-order valence-corrected chi connectivity index (χ1v) is 20.3. The number of likely N-dealkylation sites (tertiary alicyclic amines) is 2. The van der Waals surface area contributed by atoms with E-state index in [2.05, 4.69) is 81.3 Å². The third-order valence-electron chi connectivity index (χ3n) is 12.2. The molecule has 4 amide bonds. The molecule has 0 radical (unpaired) electrons. The summed E-state index contributed by atoms with van der Waals surface area (Å²) in [6, 6.07) is 15.1. The standard InChI is InChI=1S/C44H52N8O6/c1-23(2)37(49-43(55)57-5)41(53)51-33-17-29(33)19-35(51)39-45-21-31(47-39)27-13-9-25(10-14-27)7-8-26-11-15-28(16-12-26)32-22-46-40(48-32)36-20-30-18-34(30)52(36)42(54)38(24(3)4)50-44(56)58-6/h7-16,21-24,29-30,33-38H,17-20H2,1-6H3,(H,45,47)(H,46,48)(H,49,55)(H,50,56)/b8-7+/t29-,30-,33-,34-,35+,36+,37+,38+/m1/s1. The van der Waals surface area contributed by atoms with Gasteiger partial charge in [0.2, 0.25) is 11.8 Å². The summed E-state index contributed by atoms with van der Waals surface area (Å²) in [4.78, 5) is 71.8. The number of methoxy groups -OCH3 is 2. The molecule has 2 aromatic heterocycles. The van der Waals surface area contributed by atoms with Crippen molar-refractivity contribution >= 4 is 36.2 Å². The number of ether oxygens (including phenoxy) is 2. The molecular formula is C44H52N8O6. The Bertz CT molecular complexity index is 2040. The number of aromatic nitrogens is 4. The quantitative estimate of drug-likeness (QED) is 0.115. The summed E-state index contributed by atoms with van der Waals surface area (Å²) in [5, 5.41) is 5.47. The number of rotatable bonds is 12. The molecule has 4 N–H and O–H groups in total. The minimum atomic E-state index is -0.672. The van der Waals surface area contributed by atoms with Crippen molar-refractivity contribution in [3.63, 3.8) is 0 Å². The van der Waals surface area contributed by atoms with Crippen LogP contribution in [0.1, 0.15) is 88.2 Å². The summed E-state index contributed by atoms with van der Waals surface area (Å²) in [6.45, 7) is 7.68. The summed E-state index contributed by atoms with van der Waals surface area (Å²) < 4.78 is 9.58. The highest BCUT2D eigenvalue weighted by Gasteiger charge is 2.57. The molecule has 2 aliphatic carbocycles. The Morgan fingerprint density at radius 1 is 0.638 bits per heavy atom. The maximum Gasteiger partial charge on any atom is 0.407 e. The molecule has 0 unspecified atom stereocenters. The lowest BCUT2D eigenvalue weighted by atomic mass is 10.0. The predicted molar refractivity (Wildman–Crippen MR) is 218 cm³/mol. The lowest BCUT2D eigenvalue weighted by molar-refractivity contribution is -0.137. The summed E-state index contributed by atoms with van der Waals surface area (Å²) in [5.74, 6) is 2.03. The third kappa shape index (κ3) is 7.71. The van der Waals surface area contributed by atoms with E-state index >= 15 is 0 Å². The van der Waals surface area contributed by atoms with Crippen LogP contribution in [0.3, 0.4) is 0 Å². The van der Waals surface area contributed by atoms with Gasteiger partial charge in [0, 0.05) is 12.1 Å². The number of carbonyl (C=O) groups is 4. The molecule has 14 heteroatoms. The van der Waals surface area contributed by atoms with Gasteiger partial charge in [-0.1, -0.05) is 88.4 Å². The van der Waals surface area contributed by atoms with Crippen LogP contribution in [0.2, 0.25) is 0 Å². The van der Waals surface area contributed by atoms with Crippen molar-refractivity contribution in [2.45, 2.75) is 89.6 Å². The number of piperidine rings is 2. The highest BCUT2D eigenvalue weighted by atomic mass is 16.5. The van der Waals surface area contributed by atoms with Crippen molar-refractivity contribution in [1.82, 2.24) is 40.4 Å². The van der Waals surface area contributed by atoms with Crippen LogP contribution in [0.15, 0.2) is 60.9 Å². The lowest BCUT2D eigenvalue weighted by Crippen LogP contribution is -2.52. The molecule has 4 fully saturated rings. The molecule has 2 saturated carbocycles. The fourth-order valence-electron chi connectivity index (χ4n) is 8.80. The van der Waals surface area contributed by atoms with Gasteiger partial charge in [0.15, 0.2) is 0 Å². The van der Waals surface area contributed by atoms with E-state index in [1.807, 2.05) is 49.9 Å². The molecule has 14 nitrogen and oxygen atoms in total. The first-order chi connectivity index (χ1) is 27.9. The van der Waals surface area contributed by atoms with Gasteiger partial charge in [0.25, 0.3) is 0 Å². The van der Waals surface area contributed by atoms with E-state index in [9.17, 15) is 19.2 Å². The van der Waals surface area contributed by atoms with Crippen LogP contribution in [-0.4, -0.2) is 92.1 Å². The minimum absolute atomic E-state index is 0.0939. The van der Waals surface area contributed by atoms with Gasteiger partial charge in [-0.25, -0.2) is 19.6 Å². The maximum absolute atomic E-state index is 13.7. The molecule has 2 aromatic carbocycles. The normalized spacial score (nSPS) is 24.1. The summed E-state index contributed by atoms with van der Waals surface area (Å²) in [6.07, 6.45) is 10.2. The first-order valence-electron chi connectivity index (χ1n) is 20.3. The summed E-state index contributed by atoms with van der Waals surface area (Å²) >= 11 is 0. The Balaban J connectivity index is 0.894. The Hall–Kier alpha value is -5.92. The average Bonchev–Trinajstić information content (AvgIpc) is 3.81. The Labute approximate surface area is 338 Å². The van der Waals surface area contributed by atoms with Gasteiger partial charge >= 0.3 is 12.2 Å². The monoisotopic (exact) mass is 788 g/mol. The lowest BCUT2D eigenvalue weighted by Gasteiger charge is -2.31. The zero-order valence-electron chi connectivity index (χ0n) is 33.8. The fraction of sp³-hybridized carbons (Fsp3) is 0.455. The molecule has 4 heterocycles. The van der Waals surface area contributed by atoms with Gasteiger partial charge in [0.1, 0.15) is 23.7 Å². The van der Waals surface area contributed by atoms with E-state index in [1.54, 1.807) is 0 Å². The number of benzene rings is 2. The van der Waals surface area contributed by atoms with E-state index in [-0.39, 0.29) is 47.8 Å². The number of aromatic amines is 2. The second-order valence-corrected chi connectivity index (χ2v) is 16.8. The van der Waals surface area contributed by atoms with E-state index < -0.39 is 24.3 Å². The van der Waals surface area contributed by atoms with Crippen LogP contribution < -0.4 is 10.6 Å². The number of hydrogen-bond donors (Lipinski definition) is 4. The number of nitrogens with one attached hydrogen (secondary N) is 4. The van der Waals surface area contributed by atoms with Gasteiger partial charge < -0.3 is 39.9 Å².